The molecule has 3 aromatic rings. The summed E-state index contributed by atoms with van der Waals surface area (Å²) in [7, 11) is 0. The highest BCUT2D eigenvalue weighted by molar-refractivity contribution is 7.19. The van der Waals surface area contributed by atoms with Gasteiger partial charge in [-0.25, -0.2) is 4.98 Å². The molecule has 1 aliphatic rings. The van der Waals surface area contributed by atoms with Gasteiger partial charge < -0.3 is 4.90 Å². The van der Waals surface area contributed by atoms with Crippen LogP contribution >= 0.6 is 11.3 Å². The zero-order valence-corrected chi connectivity index (χ0v) is 14.4. The van der Waals surface area contributed by atoms with E-state index in [-0.39, 0.29) is 5.91 Å². The Balaban J connectivity index is 1.41. The van der Waals surface area contributed by atoms with Crippen LogP contribution in [0.5, 0.6) is 0 Å². The molecule has 6 nitrogen and oxygen atoms in total. The predicted molar refractivity (Wildman–Crippen MR) is 93.2 cm³/mol. The molecular formula is C17H19N5OS. The van der Waals surface area contributed by atoms with E-state index in [1.807, 2.05) is 46.9 Å². The number of piperazine rings is 1. The summed E-state index contributed by atoms with van der Waals surface area (Å²) < 4.78 is 1.98. The number of hydrogen-bond acceptors (Lipinski definition) is 5. The first kappa shape index (κ1) is 15.3. The van der Waals surface area contributed by atoms with Crippen molar-refractivity contribution in [2.24, 2.45) is 0 Å². The third-order valence-corrected chi connectivity index (χ3v) is 5.66. The standard InChI is InChI=1S/C17H19N5OS/c1-13-15(24-17-19-6-7-22(13)17)16(23)21-10-8-20(9-11-21)12-14-2-4-18-5-3-14/h2-7H,8-12H2,1H3. The smallest absolute Gasteiger partial charge is 0.265 e. The molecule has 24 heavy (non-hydrogen) atoms. The van der Waals surface area contributed by atoms with E-state index in [1.165, 1.54) is 16.9 Å². The fourth-order valence-corrected chi connectivity index (χ4v) is 4.15. The molecule has 4 rings (SSSR count). The van der Waals surface area contributed by atoms with E-state index in [0.29, 0.717) is 0 Å². The Morgan fingerprint density at radius 2 is 1.92 bits per heavy atom. The minimum atomic E-state index is 0.131. The lowest BCUT2D eigenvalue weighted by atomic mass is 10.2. The number of carbonyl (C=O) groups excluding carboxylic acids is 1. The summed E-state index contributed by atoms with van der Waals surface area (Å²) in [5.41, 5.74) is 2.25. The van der Waals surface area contributed by atoms with Crippen molar-refractivity contribution in [3.63, 3.8) is 0 Å². The third kappa shape index (κ3) is 2.81. The Labute approximate surface area is 144 Å². The molecule has 4 heterocycles. The lowest BCUT2D eigenvalue weighted by molar-refractivity contribution is 0.0632. The maximum atomic E-state index is 12.8. The number of carbonyl (C=O) groups is 1. The van der Waals surface area contributed by atoms with Crippen molar-refractivity contribution in [2.45, 2.75) is 13.5 Å². The van der Waals surface area contributed by atoms with Crippen LogP contribution in [0.4, 0.5) is 0 Å². The summed E-state index contributed by atoms with van der Waals surface area (Å²) >= 11 is 1.48. The molecule has 1 aliphatic heterocycles. The molecule has 0 atom stereocenters. The van der Waals surface area contributed by atoms with Gasteiger partial charge in [-0.3, -0.25) is 19.1 Å². The average molecular weight is 341 g/mol. The van der Waals surface area contributed by atoms with Crippen molar-refractivity contribution >= 4 is 22.2 Å². The van der Waals surface area contributed by atoms with E-state index in [1.54, 1.807) is 6.20 Å². The van der Waals surface area contributed by atoms with E-state index in [0.717, 1.165) is 48.3 Å². The fourth-order valence-electron chi connectivity index (χ4n) is 3.09. The van der Waals surface area contributed by atoms with Gasteiger partial charge in [0.15, 0.2) is 4.96 Å². The zero-order valence-electron chi connectivity index (χ0n) is 13.6. The first-order valence-electron chi connectivity index (χ1n) is 8.05. The lowest BCUT2D eigenvalue weighted by Crippen LogP contribution is -2.48. The SMILES string of the molecule is Cc1c(C(=O)N2CCN(Cc3ccncc3)CC2)sc2nccn12. The van der Waals surface area contributed by atoms with Crippen molar-refractivity contribution in [3.8, 4) is 0 Å². The molecule has 1 amide bonds. The molecule has 124 valence electrons. The number of amides is 1. The number of pyridine rings is 1. The van der Waals surface area contributed by atoms with Gasteiger partial charge in [-0.05, 0) is 24.6 Å². The normalized spacial score (nSPS) is 16.0. The van der Waals surface area contributed by atoms with E-state index < -0.39 is 0 Å². The Morgan fingerprint density at radius 3 is 2.62 bits per heavy atom. The maximum Gasteiger partial charge on any atom is 0.265 e. The van der Waals surface area contributed by atoms with Gasteiger partial charge in [-0.2, -0.15) is 0 Å². The van der Waals surface area contributed by atoms with Crippen molar-refractivity contribution in [3.05, 3.63) is 53.1 Å². The van der Waals surface area contributed by atoms with Crippen molar-refractivity contribution < 1.29 is 4.79 Å². The van der Waals surface area contributed by atoms with Crippen LogP contribution in [0.15, 0.2) is 36.9 Å². The van der Waals surface area contributed by atoms with E-state index in [2.05, 4.69) is 14.9 Å². The molecule has 7 heteroatoms. The number of aryl methyl sites for hydroxylation is 1. The molecule has 0 aromatic carbocycles. The first-order valence-corrected chi connectivity index (χ1v) is 8.87. The van der Waals surface area contributed by atoms with Gasteiger partial charge in [0.05, 0.1) is 0 Å². The zero-order chi connectivity index (χ0) is 16.5. The molecule has 0 N–H and O–H groups in total. The highest BCUT2D eigenvalue weighted by Gasteiger charge is 2.25. The Morgan fingerprint density at radius 1 is 1.17 bits per heavy atom. The molecule has 0 unspecified atom stereocenters. The molecular weight excluding hydrogens is 322 g/mol. The number of fused-ring (bicyclic) bond motifs is 1. The van der Waals surface area contributed by atoms with Crippen LogP contribution in [0.3, 0.4) is 0 Å². The minimum Gasteiger partial charge on any atom is -0.335 e. The summed E-state index contributed by atoms with van der Waals surface area (Å²) in [5.74, 6) is 0.131. The van der Waals surface area contributed by atoms with Gasteiger partial charge in [0.25, 0.3) is 5.91 Å². The molecule has 0 radical (unpaired) electrons. The van der Waals surface area contributed by atoms with E-state index in [4.69, 9.17) is 0 Å². The van der Waals surface area contributed by atoms with Gasteiger partial charge in [0.1, 0.15) is 4.88 Å². The summed E-state index contributed by atoms with van der Waals surface area (Å²) in [6.07, 6.45) is 7.33. The summed E-state index contributed by atoms with van der Waals surface area (Å²) in [6.45, 7) is 6.23. The second kappa shape index (κ2) is 6.33. The van der Waals surface area contributed by atoms with Crippen LogP contribution in [0.2, 0.25) is 0 Å². The highest BCUT2D eigenvalue weighted by atomic mass is 32.1. The second-order valence-electron chi connectivity index (χ2n) is 6.02. The molecule has 3 aromatic heterocycles. The molecule has 0 bridgehead atoms. The topological polar surface area (TPSA) is 53.7 Å². The summed E-state index contributed by atoms with van der Waals surface area (Å²) in [6, 6.07) is 4.09. The monoisotopic (exact) mass is 341 g/mol. The van der Waals surface area contributed by atoms with E-state index in [9.17, 15) is 4.79 Å². The Hall–Kier alpha value is -2.25. The summed E-state index contributed by atoms with van der Waals surface area (Å²) in [5, 5.41) is 0. The van der Waals surface area contributed by atoms with Crippen LogP contribution in [0, 0.1) is 6.92 Å². The van der Waals surface area contributed by atoms with Crippen molar-refractivity contribution in [1.82, 2.24) is 24.2 Å². The van der Waals surface area contributed by atoms with Crippen LogP contribution in [0.1, 0.15) is 20.9 Å². The number of hydrogen-bond donors (Lipinski definition) is 0. The van der Waals surface area contributed by atoms with Crippen molar-refractivity contribution in [1.29, 1.82) is 0 Å². The molecule has 0 spiro atoms. The quantitative estimate of drug-likeness (QED) is 0.732. The number of thiazole rings is 1. The van der Waals surface area contributed by atoms with E-state index >= 15 is 0 Å². The van der Waals surface area contributed by atoms with Gasteiger partial charge in [-0.1, -0.05) is 11.3 Å². The predicted octanol–water partition coefficient (Wildman–Crippen LogP) is 2.06. The molecule has 0 saturated carbocycles. The average Bonchev–Trinajstić information content (AvgIpc) is 3.19. The second-order valence-corrected chi connectivity index (χ2v) is 7.00. The Bertz CT molecular complexity index is 848. The molecule has 1 saturated heterocycles. The van der Waals surface area contributed by atoms with Crippen LogP contribution < -0.4 is 0 Å². The van der Waals surface area contributed by atoms with Crippen LogP contribution in [0.25, 0.3) is 4.96 Å². The number of rotatable bonds is 3. The lowest BCUT2D eigenvalue weighted by Gasteiger charge is -2.34. The largest absolute Gasteiger partial charge is 0.335 e. The first-order chi connectivity index (χ1) is 11.7. The van der Waals surface area contributed by atoms with Crippen LogP contribution in [-0.4, -0.2) is 56.3 Å². The minimum absolute atomic E-state index is 0.131. The Kier molecular flexibility index (Phi) is 4.03. The fraction of sp³-hybridized carbons (Fsp3) is 0.353. The van der Waals surface area contributed by atoms with Crippen molar-refractivity contribution in [2.75, 3.05) is 26.2 Å². The molecule has 0 aliphatic carbocycles. The number of nitrogens with zero attached hydrogens (tertiary/aromatic N) is 5. The highest BCUT2D eigenvalue weighted by Crippen LogP contribution is 2.23. The number of aromatic nitrogens is 3. The third-order valence-electron chi connectivity index (χ3n) is 4.50. The molecule has 1 fully saturated rings. The van der Waals surface area contributed by atoms with Crippen LogP contribution in [-0.2, 0) is 6.54 Å². The van der Waals surface area contributed by atoms with Gasteiger partial charge in [0.2, 0.25) is 0 Å². The summed E-state index contributed by atoms with van der Waals surface area (Å²) in [4.78, 5) is 27.2. The number of imidazole rings is 1. The van der Waals surface area contributed by atoms with Gasteiger partial charge in [0, 0.05) is 63.2 Å². The van der Waals surface area contributed by atoms with Gasteiger partial charge in [-0.15, -0.1) is 0 Å². The maximum absolute atomic E-state index is 12.8. The van der Waals surface area contributed by atoms with Gasteiger partial charge >= 0.3 is 0 Å².